The predicted octanol–water partition coefficient (Wildman–Crippen LogP) is 1.28. The average Bonchev–Trinajstić information content (AvgIpc) is 2.31. The van der Waals surface area contributed by atoms with Gasteiger partial charge in [-0.1, -0.05) is 11.6 Å². The summed E-state index contributed by atoms with van der Waals surface area (Å²) in [6, 6.07) is 1.47. The molecule has 108 valence electrons. The van der Waals surface area contributed by atoms with Gasteiger partial charge in [0, 0.05) is 18.7 Å². The number of halogens is 2. The van der Waals surface area contributed by atoms with Crippen molar-refractivity contribution in [1.29, 1.82) is 0 Å². The van der Waals surface area contributed by atoms with Crippen LogP contribution in [0.3, 0.4) is 0 Å². The maximum absolute atomic E-state index is 13.5. The second-order valence-electron chi connectivity index (χ2n) is 4.01. The van der Waals surface area contributed by atoms with E-state index in [9.17, 15) is 12.8 Å². The third kappa shape index (κ3) is 4.12. The van der Waals surface area contributed by atoms with Crippen LogP contribution in [0.1, 0.15) is 12.5 Å². The maximum Gasteiger partial charge on any atom is 0.241 e. The summed E-state index contributed by atoms with van der Waals surface area (Å²) in [6.07, 6.45) is 0. The first-order valence-corrected chi connectivity index (χ1v) is 7.28. The van der Waals surface area contributed by atoms with Crippen molar-refractivity contribution in [2.75, 3.05) is 13.7 Å². The number of nitrogens with one attached hydrogen (secondary N) is 1. The minimum absolute atomic E-state index is 0.0152. The molecule has 0 aliphatic rings. The number of aliphatic hydroxyl groups excluding tert-OH is 1. The highest BCUT2D eigenvalue weighted by atomic mass is 35.5. The fraction of sp³-hybridized carbons (Fsp3) is 0.455. The Hall–Kier alpha value is -0.730. The molecule has 0 fully saturated rings. The Morgan fingerprint density at radius 3 is 2.68 bits per heavy atom. The zero-order valence-corrected chi connectivity index (χ0v) is 12.1. The van der Waals surface area contributed by atoms with Crippen LogP contribution in [0.2, 0.25) is 5.02 Å². The molecule has 0 aliphatic carbocycles. The quantitative estimate of drug-likeness (QED) is 0.830. The van der Waals surface area contributed by atoms with Gasteiger partial charge in [0.2, 0.25) is 10.0 Å². The van der Waals surface area contributed by atoms with Crippen LogP contribution in [-0.4, -0.2) is 33.3 Å². The van der Waals surface area contributed by atoms with Crippen molar-refractivity contribution >= 4 is 21.6 Å². The summed E-state index contributed by atoms with van der Waals surface area (Å²) in [4.78, 5) is -0.290. The lowest BCUT2D eigenvalue weighted by molar-refractivity contribution is 0.180. The molecule has 5 nitrogen and oxygen atoms in total. The predicted molar refractivity (Wildman–Crippen MR) is 69.0 cm³/mol. The van der Waals surface area contributed by atoms with Crippen LogP contribution in [0.4, 0.5) is 4.39 Å². The first kappa shape index (κ1) is 16.3. The van der Waals surface area contributed by atoms with Gasteiger partial charge < -0.3 is 9.84 Å². The number of ether oxygens (including phenoxy) is 1. The molecule has 1 unspecified atom stereocenters. The number of aliphatic hydroxyl groups is 1. The van der Waals surface area contributed by atoms with Gasteiger partial charge in [-0.15, -0.1) is 0 Å². The number of benzene rings is 1. The summed E-state index contributed by atoms with van der Waals surface area (Å²) in [5, 5.41) is 8.73. The van der Waals surface area contributed by atoms with Gasteiger partial charge in [-0.3, -0.25) is 0 Å². The second kappa shape index (κ2) is 6.62. The molecule has 1 atom stereocenters. The third-order valence-electron chi connectivity index (χ3n) is 2.33. The van der Waals surface area contributed by atoms with E-state index < -0.39 is 28.5 Å². The summed E-state index contributed by atoms with van der Waals surface area (Å²) in [7, 11) is -2.45. The van der Waals surface area contributed by atoms with E-state index >= 15 is 0 Å². The topological polar surface area (TPSA) is 75.6 Å². The van der Waals surface area contributed by atoms with Crippen molar-refractivity contribution in [3.63, 3.8) is 0 Å². The molecule has 0 saturated carbocycles. The van der Waals surface area contributed by atoms with Crippen molar-refractivity contribution in [3.8, 4) is 0 Å². The lowest BCUT2D eigenvalue weighted by atomic mass is 10.2. The van der Waals surface area contributed by atoms with Crippen molar-refractivity contribution in [2.24, 2.45) is 0 Å². The van der Waals surface area contributed by atoms with Gasteiger partial charge in [0.1, 0.15) is 5.82 Å². The van der Waals surface area contributed by atoms with Crippen molar-refractivity contribution in [3.05, 3.63) is 28.5 Å². The van der Waals surface area contributed by atoms with E-state index in [1.165, 1.54) is 7.11 Å². The minimum Gasteiger partial charge on any atom is -0.392 e. The average molecular weight is 312 g/mol. The fourth-order valence-electron chi connectivity index (χ4n) is 1.51. The van der Waals surface area contributed by atoms with Gasteiger partial charge in [-0.25, -0.2) is 17.5 Å². The first-order valence-electron chi connectivity index (χ1n) is 5.42. The Morgan fingerprint density at radius 1 is 1.53 bits per heavy atom. The van der Waals surface area contributed by atoms with Crippen LogP contribution >= 0.6 is 11.6 Å². The lowest BCUT2D eigenvalue weighted by Crippen LogP contribution is -2.35. The van der Waals surface area contributed by atoms with Gasteiger partial charge in [-0.05, 0) is 19.1 Å². The van der Waals surface area contributed by atoms with Crippen LogP contribution in [0.25, 0.3) is 0 Å². The molecule has 0 saturated heterocycles. The smallest absolute Gasteiger partial charge is 0.241 e. The molecule has 2 N–H and O–H groups in total. The minimum atomic E-state index is -3.89. The molecular formula is C11H15ClFNO4S. The molecule has 1 aromatic carbocycles. The Morgan fingerprint density at radius 2 is 2.16 bits per heavy atom. The lowest BCUT2D eigenvalue weighted by Gasteiger charge is -2.14. The van der Waals surface area contributed by atoms with E-state index in [0.717, 1.165) is 12.1 Å². The molecule has 0 heterocycles. The molecule has 0 amide bonds. The molecule has 0 aromatic heterocycles. The molecule has 0 bridgehead atoms. The molecule has 0 radical (unpaired) electrons. The van der Waals surface area contributed by atoms with E-state index in [1.807, 2.05) is 0 Å². The van der Waals surface area contributed by atoms with E-state index in [4.69, 9.17) is 21.4 Å². The molecule has 1 rings (SSSR count). The SMILES string of the molecule is COCC(C)NS(=O)(=O)c1cc(F)c(Cl)c(CO)c1. The second-order valence-corrected chi connectivity index (χ2v) is 6.11. The molecule has 8 heteroatoms. The van der Waals surface area contributed by atoms with Crippen molar-refractivity contribution in [1.82, 2.24) is 4.72 Å². The summed E-state index contributed by atoms with van der Waals surface area (Å²) in [6.45, 7) is 1.25. The molecule has 19 heavy (non-hydrogen) atoms. The van der Waals surface area contributed by atoms with E-state index in [2.05, 4.69) is 4.72 Å². The molecular weight excluding hydrogens is 297 g/mol. The van der Waals surface area contributed by atoms with Crippen LogP contribution in [0.15, 0.2) is 17.0 Å². The highest BCUT2D eigenvalue weighted by Crippen LogP contribution is 2.24. The van der Waals surface area contributed by atoms with Gasteiger partial charge in [-0.2, -0.15) is 0 Å². The zero-order valence-electron chi connectivity index (χ0n) is 10.5. The van der Waals surface area contributed by atoms with Gasteiger partial charge in [0.05, 0.1) is 23.1 Å². The van der Waals surface area contributed by atoms with Gasteiger partial charge >= 0.3 is 0 Å². The highest BCUT2D eigenvalue weighted by molar-refractivity contribution is 7.89. The van der Waals surface area contributed by atoms with Crippen molar-refractivity contribution in [2.45, 2.75) is 24.5 Å². The maximum atomic E-state index is 13.5. The number of hydrogen-bond acceptors (Lipinski definition) is 4. The summed E-state index contributed by atoms with van der Waals surface area (Å²) >= 11 is 5.60. The normalized spacial score (nSPS) is 13.5. The summed E-state index contributed by atoms with van der Waals surface area (Å²) in [5.74, 6) is -0.895. The van der Waals surface area contributed by atoms with Crippen LogP contribution in [-0.2, 0) is 21.4 Å². The third-order valence-corrected chi connectivity index (χ3v) is 4.32. The molecule has 1 aromatic rings. The Bertz CT molecular complexity index is 550. The van der Waals surface area contributed by atoms with E-state index in [-0.39, 0.29) is 22.1 Å². The first-order chi connectivity index (χ1) is 8.81. The van der Waals surface area contributed by atoms with E-state index in [1.54, 1.807) is 6.92 Å². The number of methoxy groups -OCH3 is 1. The number of hydrogen-bond donors (Lipinski definition) is 2. The Kier molecular flexibility index (Phi) is 5.69. The van der Waals surface area contributed by atoms with Crippen LogP contribution < -0.4 is 4.72 Å². The number of sulfonamides is 1. The molecule has 0 spiro atoms. The largest absolute Gasteiger partial charge is 0.392 e. The van der Waals surface area contributed by atoms with Gasteiger partial charge in [0.15, 0.2) is 0 Å². The Balaban J connectivity index is 3.11. The standard InChI is InChI=1S/C11H15ClFNO4S/c1-7(6-18-2)14-19(16,17)9-3-8(5-15)11(12)10(13)4-9/h3-4,7,14-15H,5-6H2,1-2H3. The van der Waals surface area contributed by atoms with Crippen LogP contribution in [0.5, 0.6) is 0 Å². The highest BCUT2D eigenvalue weighted by Gasteiger charge is 2.20. The van der Waals surface area contributed by atoms with Crippen molar-refractivity contribution < 1.29 is 22.7 Å². The number of rotatable bonds is 6. The van der Waals surface area contributed by atoms with Gasteiger partial charge in [0.25, 0.3) is 0 Å². The Labute approximate surface area is 116 Å². The molecule has 0 aliphatic heterocycles. The monoisotopic (exact) mass is 311 g/mol. The van der Waals surface area contributed by atoms with Crippen LogP contribution in [0, 0.1) is 5.82 Å². The fourth-order valence-corrected chi connectivity index (χ4v) is 2.96. The summed E-state index contributed by atoms with van der Waals surface area (Å²) < 4.78 is 44.6. The van der Waals surface area contributed by atoms with E-state index in [0.29, 0.717) is 0 Å². The summed E-state index contributed by atoms with van der Waals surface area (Å²) in [5.41, 5.74) is 0.0152. The zero-order chi connectivity index (χ0) is 14.6.